The van der Waals surface area contributed by atoms with Crippen molar-refractivity contribution < 1.29 is 35.9 Å². The fraction of sp³-hybridized carbons (Fsp3) is 0.414. The van der Waals surface area contributed by atoms with E-state index in [0.29, 0.717) is 41.7 Å². The molecular formula is C29H28F6N4O2. The van der Waals surface area contributed by atoms with Gasteiger partial charge in [0.2, 0.25) is 5.91 Å². The Morgan fingerprint density at radius 3 is 2.24 bits per heavy atom. The molecule has 2 aliphatic rings. The molecule has 3 aromatic rings. The largest absolute Gasteiger partial charge is 0.416 e. The fourth-order valence-electron chi connectivity index (χ4n) is 5.77. The van der Waals surface area contributed by atoms with E-state index in [4.69, 9.17) is 5.10 Å². The number of carbonyl (C=O) groups excluding carboxylic acids is 2. The lowest BCUT2D eigenvalue weighted by Gasteiger charge is -2.30. The summed E-state index contributed by atoms with van der Waals surface area (Å²) in [6.45, 7) is 4.25. The SMILES string of the molecule is C=CC(=O)N1CCC(n2nc(-c3ccc(C(F)(F)F)cc3)c3cccc(C(=O)NC4CCC(C(F)(F)F)CC4)c32)C1. The van der Waals surface area contributed by atoms with E-state index in [1.54, 1.807) is 27.8 Å². The van der Waals surface area contributed by atoms with Crippen LogP contribution in [0.25, 0.3) is 22.2 Å². The van der Waals surface area contributed by atoms with Crippen molar-refractivity contribution in [2.45, 2.75) is 56.5 Å². The highest BCUT2D eigenvalue weighted by atomic mass is 19.4. The number of amides is 2. The van der Waals surface area contributed by atoms with Gasteiger partial charge in [-0.2, -0.15) is 31.4 Å². The van der Waals surface area contributed by atoms with Gasteiger partial charge >= 0.3 is 12.4 Å². The number of halogens is 6. The normalized spacial score (nSPS) is 21.7. The highest BCUT2D eigenvalue weighted by Crippen LogP contribution is 2.39. The molecule has 41 heavy (non-hydrogen) atoms. The minimum Gasteiger partial charge on any atom is -0.349 e. The fourth-order valence-corrected chi connectivity index (χ4v) is 5.77. The average Bonchev–Trinajstić information content (AvgIpc) is 3.57. The molecule has 5 rings (SSSR count). The van der Waals surface area contributed by atoms with Gasteiger partial charge in [-0.25, -0.2) is 0 Å². The molecule has 1 aromatic heterocycles. The molecule has 2 fully saturated rings. The van der Waals surface area contributed by atoms with E-state index in [9.17, 15) is 35.9 Å². The summed E-state index contributed by atoms with van der Waals surface area (Å²) in [5, 5.41) is 8.16. The molecule has 0 spiro atoms. The lowest BCUT2D eigenvalue weighted by Crippen LogP contribution is -2.40. The van der Waals surface area contributed by atoms with Crippen LogP contribution in [0.4, 0.5) is 26.3 Å². The molecule has 1 N–H and O–H groups in total. The molecule has 2 heterocycles. The zero-order valence-electron chi connectivity index (χ0n) is 21.9. The number of para-hydroxylation sites is 1. The van der Waals surface area contributed by atoms with E-state index in [1.165, 1.54) is 18.2 Å². The third-order valence-electron chi connectivity index (χ3n) is 7.98. The minimum atomic E-state index is -4.50. The van der Waals surface area contributed by atoms with Gasteiger partial charge in [0.25, 0.3) is 5.91 Å². The molecule has 2 amide bonds. The zero-order valence-corrected chi connectivity index (χ0v) is 21.9. The number of hydrogen-bond donors (Lipinski definition) is 1. The maximum absolute atomic E-state index is 13.5. The van der Waals surface area contributed by atoms with Crippen molar-refractivity contribution in [2.75, 3.05) is 13.1 Å². The van der Waals surface area contributed by atoms with Crippen LogP contribution in [0.5, 0.6) is 0 Å². The highest BCUT2D eigenvalue weighted by Gasteiger charge is 2.41. The summed E-state index contributed by atoms with van der Waals surface area (Å²) >= 11 is 0. The predicted molar refractivity (Wildman–Crippen MR) is 140 cm³/mol. The Kier molecular flexibility index (Phi) is 7.60. The first-order valence-corrected chi connectivity index (χ1v) is 13.3. The van der Waals surface area contributed by atoms with Gasteiger partial charge in [-0.1, -0.05) is 30.8 Å². The molecule has 1 unspecified atom stereocenters. The maximum Gasteiger partial charge on any atom is 0.416 e. The number of aromatic nitrogens is 2. The molecule has 0 radical (unpaired) electrons. The third kappa shape index (κ3) is 5.82. The first-order valence-electron chi connectivity index (χ1n) is 13.3. The van der Waals surface area contributed by atoms with Crippen LogP contribution >= 0.6 is 0 Å². The summed E-state index contributed by atoms with van der Waals surface area (Å²) in [7, 11) is 0. The van der Waals surface area contributed by atoms with Gasteiger partial charge in [-0.3, -0.25) is 14.3 Å². The molecule has 1 aliphatic heterocycles. The van der Waals surface area contributed by atoms with Crippen molar-refractivity contribution in [3.05, 3.63) is 66.2 Å². The topological polar surface area (TPSA) is 67.2 Å². The summed E-state index contributed by atoms with van der Waals surface area (Å²) in [5.41, 5.74) is 0.686. The molecule has 12 heteroatoms. The van der Waals surface area contributed by atoms with Crippen molar-refractivity contribution in [1.29, 1.82) is 0 Å². The Morgan fingerprint density at radius 1 is 0.951 bits per heavy atom. The van der Waals surface area contributed by atoms with Gasteiger partial charge in [0.15, 0.2) is 0 Å². The van der Waals surface area contributed by atoms with Crippen molar-refractivity contribution in [3.8, 4) is 11.3 Å². The Balaban J connectivity index is 1.51. The Hall–Kier alpha value is -3.83. The van der Waals surface area contributed by atoms with Gasteiger partial charge in [-0.15, -0.1) is 0 Å². The van der Waals surface area contributed by atoms with E-state index < -0.39 is 35.8 Å². The smallest absolute Gasteiger partial charge is 0.349 e. The molecule has 2 aromatic carbocycles. The first kappa shape index (κ1) is 28.7. The van der Waals surface area contributed by atoms with E-state index >= 15 is 0 Å². The molecule has 0 bridgehead atoms. The molecule has 1 saturated carbocycles. The molecular weight excluding hydrogens is 550 g/mol. The van der Waals surface area contributed by atoms with E-state index in [2.05, 4.69) is 11.9 Å². The number of rotatable bonds is 5. The molecule has 1 atom stereocenters. The van der Waals surface area contributed by atoms with Crippen molar-refractivity contribution >= 4 is 22.7 Å². The number of fused-ring (bicyclic) bond motifs is 1. The summed E-state index contributed by atoms with van der Waals surface area (Å²) in [6, 6.07) is 8.79. The molecule has 6 nitrogen and oxygen atoms in total. The number of alkyl halides is 6. The van der Waals surface area contributed by atoms with Crippen molar-refractivity contribution in [1.82, 2.24) is 20.0 Å². The van der Waals surface area contributed by atoms with E-state index in [1.807, 2.05) is 0 Å². The highest BCUT2D eigenvalue weighted by molar-refractivity contribution is 6.09. The standard InChI is InChI=1S/C29H28F6N4O2/c1-2-24(40)38-15-14-21(16-38)39-26-22(25(37-39)17-6-8-18(9-7-17)28(30,31)32)4-3-5-23(26)27(41)36-20-12-10-19(11-13-20)29(33,34)35/h2-9,19-21H,1,10-16H2,(H,36,41). The Labute approximate surface area is 232 Å². The number of carbonyl (C=O) groups is 2. The molecule has 1 saturated heterocycles. The second-order valence-corrected chi connectivity index (χ2v) is 10.6. The summed E-state index contributed by atoms with van der Waals surface area (Å²) in [5.74, 6) is -2.10. The van der Waals surface area contributed by atoms with Gasteiger partial charge < -0.3 is 10.2 Å². The first-order chi connectivity index (χ1) is 19.4. The van der Waals surface area contributed by atoms with Crippen LogP contribution < -0.4 is 5.32 Å². The van der Waals surface area contributed by atoms with Crippen LogP contribution in [0.1, 0.15) is 54.1 Å². The number of hydrogen-bond acceptors (Lipinski definition) is 3. The van der Waals surface area contributed by atoms with Gasteiger partial charge in [0, 0.05) is 30.1 Å². The van der Waals surface area contributed by atoms with Gasteiger partial charge in [-0.05, 0) is 56.4 Å². The number of likely N-dealkylation sites (tertiary alicyclic amines) is 1. The van der Waals surface area contributed by atoms with Gasteiger partial charge in [0.05, 0.1) is 28.6 Å². The van der Waals surface area contributed by atoms with E-state index in [-0.39, 0.29) is 43.2 Å². The van der Waals surface area contributed by atoms with Crippen LogP contribution in [0.15, 0.2) is 55.1 Å². The van der Waals surface area contributed by atoms with Crippen LogP contribution in [0.2, 0.25) is 0 Å². The molecule has 1 aliphatic carbocycles. The predicted octanol–water partition coefficient (Wildman–Crippen LogP) is 6.53. The van der Waals surface area contributed by atoms with E-state index in [0.717, 1.165) is 12.1 Å². The Bertz CT molecular complexity index is 1450. The van der Waals surface area contributed by atoms with Crippen LogP contribution in [0, 0.1) is 5.92 Å². The van der Waals surface area contributed by atoms with Crippen LogP contribution in [-0.4, -0.2) is 51.8 Å². The minimum absolute atomic E-state index is 0.0656. The number of benzene rings is 2. The second kappa shape index (κ2) is 10.9. The van der Waals surface area contributed by atoms with Crippen LogP contribution in [0.3, 0.4) is 0 Å². The lowest BCUT2D eigenvalue weighted by molar-refractivity contribution is -0.182. The van der Waals surface area contributed by atoms with Gasteiger partial charge in [0.1, 0.15) is 5.69 Å². The third-order valence-corrected chi connectivity index (χ3v) is 7.98. The molecule has 218 valence electrons. The number of nitrogens with one attached hydrogen (secondary N) is 1. The average molecular weight is 579 g/mol. The summed E-state index contributed by atoms with van der Waals surface area (Å²) in [6.07, 6.45) is -6.76. The summed E-state index contributed by atoms with van der Waals surface area (Å²) in [4.78, 5) is 27.3. The van der Waals surface area contributed by atoms with Crippen LogP contribution in [-0.2, 0) is 11.0 Å². The van der Waals surface area contributed by atoms with Crippen molar-refractivity contribution in [2.24, 2.45) is 5.92 Å². The zero-order chi connectivity index (χ0) is 29.5. The van der Waals surface area contributed by atoms with Crippen molar-refractivity contribution in [3.63, 3.8) is 0 Å². The quantitative estimate of drug-likeness (QED) is 0.277. The Morgan fingerprint density at radius 2 is 1.63 bits per heavy atom. The number of nitrogens with zero attached hydrogens (tertiary/aromatic N) is 3. The summed E-state index contributed by atoms with van der Waals surface area (Å²) < 4.78 is 80.5. The second-order valence-electron chi connectivity index (χ2n) is 10.6. The maximum atomic E-state index is 13.5. The monoisotopic (exact) mass is 578 g/mol. The lowest BCUT2D eigenvalue weighted by atomic mass is 9.85.